The van der Waals surface area contributed by atoms with Crippen LogP contribution in [0.5, 0.6) is 0 Å². The first kappa shape index (κ1) is 24.6. The summed E-state index contributed by atoms with van der Waals surface area (Å²) in [5, 5.41) is 3.85. The zero-order valence-electron chi connectivity index (χ0n) is 18.9. The fraction of sp³-hybridized carbons (Fsp3) is 0.0741. The van der Waals surface area contributed by atoms with Crippen LogP contribution >= 0.6 is 11.6 Å². The average Bonchev–Trinajstić information content (AvgIpc) is 2.82. The molecule has 0 fully saturated rings. The van der Waals surface area contributed by atoms with E-state index in [1.165, 1.54) is 24.3 Å². The van der Waals surface area contributed by atoms with Crippen molar-refractivity contribution in [2.45, 2.75) is 11.8 Å². The van der Waals surface area contributed by atoms with Crippen molar-refractivity contribution in [1.29, 1.82) is 0 Å². The molecular weight excluding hydrogens is 490 g/mol. The number of aromatic nitrogens is 1. The van der Waals surface area contributed by atoms with Crippen LogP contribution in [0.25, 0.3) is 28.1 Å². The Labute approximate surface area is 207 Å². The van der Waals surface area contributed by atoms with Crippen LogP contribution in [0, 0.1) is 11.6 Å². The maximum absolute atomic E-state index is 14.0. The monoisotopic (exact) mass is 510 g/mol. The van der Waals surface area contributed by atoms with E-state index in [4.69, 9.17) is 11.6 Å². The lowest BCUT2D eigenvalue weighted by Crippen LogP contribution is -2.04. The zero-order chi connectivity index (χ0) is 25.2. The predicted octanol–water partition coefficient (Wildman–Crippen LogP) is 7.22. The van der Waals surface area contributed by atoms with Gasteiger partial charge in [0.05, 0.1) is 15.6 Å². The van der Waals surface area contributed by atoms with Crippen molar-refractivity contribution < 1.29 is 17.2 Å². The van der Waals surface area contributed by atoms with E-state index >= 15 is 0 Å². The topological polar surface area (TPSA) is 59.1 Å². The molecule has 1 aromatic heterocycles. The van der Waals surface area contributed by atoms with Crippen molar-refractivity contribution in [2.24, 2.45) is 0 Å². The summed E-state index contributed by atoms with van der Waals surface area (Å²) in [6.07, 6.45) is 4.56. The van der Waals surface area contributed by atoms with Crippen molar-refractivity contribution in [3.8, 4) is 22.4 Å². The van der Waals surface area contributed by atoms with Gasteiger partial charge in [0.15, 0.2) is 9.84 Å². The maximum Gasteiger partial charge on any atom is 0.175 e. The number of nitrogens with one attached hydrogen (secondary N) is 1. The van der Waals surface area contributed by atoms with Gasteiger partial charge < -0.3 is 5.32 Å². The van der Waals surface area contributed by atoms with Gasteiger partial charge in [-0.2, -0.15) is 0 Å². The predicted molar refractivity (Wildman–Crippen MR) is 137 cm³/mol. The normalized spacial score (nSPS) is 12.0. The fourth-order valence-electron chi connectivity index (χ4n) is 3.71. The van der Waals surface area contributed by atoms with Crippen LogP contribution in [-0.4, -0.2) is 19.7 Å². The van der Waals surface area contributed by atoms with Gasteiger partial charge in [0.2, 0.25) is 0 Å². The Morgan fingerprint density at radius 3 is 2.31 bits per heavy atom. The summed E-state index contributed by atoms with van der Waals surface area (Å²) in [6.45, 7) is 1.80. The van der Waals surface area contributed by atoms with Gasteiger partial charge in [-0.25, -0.2) is 17.2 Å². The molecule has 4 aromatic rings. The smallest absolute Gasteiger partial charge is 0.175 e. The second-order valence-electron chi connectivity index (χ2n) is 7.87. The average molecular weight is 511 g/mol. The zero-order valence-corrected chi connectivity index (χ0v) is 20.5. The first-order valence-corrected chi connectivity index (χ1v) is 12.9. The summed E-state index contributed by atoms with van der Waals surface area (Å²) in [7, 11) is -3.55. The number of hydrogen-bond donors (Lipinski definition) is 1. The SMILES string of the molecule is C/C=C(/Nc1ccc(Cl)c(-c2ccccn2)c1)c1ccc(S(C)(=O)=O)cc1-c1cc(F)cc(F)c1. The van der Waals surface area contributed by atoms with E-state index in [9.17, 15) is 17.2 Å². The van der Waals surface area contributed by atoms with Crippen molar-refractivity contribution >= 4 is 32.8 Å². The third-order valence-corrected chi connectivity index (χ3v) is 6.80. The third-order valence-electron chi connectivity index (χ3n) is 5.36. The highest BCUT2D eigenvalue weighted by atomic mass is 35.5. The molecule has 0 bridgehead atoms. The Morgan fingerprint density at radius 2 is 1.69 bits per heavy atom. The molecule has 35 heavy (non-hydrogen) atoms. The van der Waals surface area contributed by atoms with Crippen molar-refractivity contribution in [1.82, 2.24) is 4.98 Å². The lowest BCUT2D eigenvalue weighted by atomic mass is 9.97. The fourth-order valence-corrected chi connectivity index (χ4v) is 4.57. The summed E-state index contributed by atoms with van der Waals surface area (Å²) in [4.78, 5) is 4.40. The molecule has 0 amide bonds. The highest BCUT2D eigenvalue weighted by molar-refractivity contribution is 7.90. The van der Waals surface area contributed by atoms with E-state index in [0.29, 0.717) is 33.2 Å². The Balaban J connectivity index is 1.81. The molecule has 0 aliphatic heterocycles. The number of rotatable bonds is 6. The highest BCUT2D eigenvalue weighted by Crippen LogP contribution is 2.35. The first-order chi connectivity index (χ1) is 16.7. The van der Waals surface area contributed by atoms with E-state index < -0.39 is 21.5 Å². The van der Waals surface area contributed by atoms with E-state index in [1.807, 2.05) is 24.3 Å². The minimum atomic E-state index is -3.55. The molecule has 8 heteroatoms. The number of benzene rings is 3. The van der Waals surface area contributed by atoms with Crippen LogP contribution in [0.4, 0.5) is 14.5 Å². The number of allylic oxidation sites excluding steroid dienone is 1. The Hall–Kier alpha value is -3.55. The lowest BCUT2D eigenvalue weighted by Gasteiger charge is -2.18. The Bertz CT molecular complexity index is 1520. The quantitative estimate of drug-likeness (QED) is 0.297. The molecule has 4 rings (SSSR count). The van der Waals surface area contributed by atoms with Crippen molar-refractivity contribution in [3.05, 3.63) is 107 Å². The minimum Gasteiger partial charge on any atom is -0.355 e. The summed E-state index contributed by atoms with van der Waals surface area (Å²) in [6, 6.07) is 18.5. The van der Waals surface area contributed by atoms with Crippen LogP contribution in [0.1, 0.15) is 12.5 Å². The number of pyridine rings is 1. The summed E-state index contributed by atoms with van der Waals surface area (Å²) < 4.78 is 52.5. The van der Waals surface area contributed by atoms with E-state index in [-0.39, 0.29) is 10.5 Å². The van der Waals surface area contributed by atoms with E-state index in [2.05, 4.69) is 10.3 Å². The maximum atomic E-state index is 14.0. The summed E-state index contributed by atoms with van der Waals surface area (Å²) in [5.41, 5.74) is 3.90. The Kier molecular flexibility index (Phi) is 7.00. The molecule has 0 radical (unpaired) electrons. The number of halogens is 3. The largest absolute Gasteiger partial charge is 0.355 e. The molecule has 0 unspecified atom stereocenters. The van der Waals surface area contributed by atoms with E-state index in [0.717, 1.165) is 17.9 Å². The van der Waals surface area contributed by atoms with Gasteiger partial charge in [0.1, 0.15) is 11.6 Å². The summed E-state index contributed by atoms with van der Waals surface area (Å²) >= 11 is 6.40. The molecule has 1 N–H and O–H groups in total. The highest BCUT2D eigenvalue weighted by Gasteiger charge is 2.17. The molecule has 178 valence electrons. The third kappa shape index (κ3) is 5.58. The lowest BCUT2D eigenvalue weighted by molar-refractivity contribution is 0.584. The van der Waals surface area contributed by atoms with Crippen LogP contribution in [0.15, 0.2) is 90.0 Å². The molecule has 0 aliphatic carbocycles. The second-order valence-corrected chi connectivity index (χ2v) is 10.3. The molecule has 0 saturated carbocycles. The molecular formula is C27H21ClF2N2O2S. The van der Waals surface area contributed by atoms with Crippen molar-refractivity contribution in [3.63, 3.8) is 0 Å². The first-order valence-electron chi connectivity index (χ1n) is 10.6. The molecule has 4 nitrogen and oxygen atoms in total. The van der Waals surface area contributed by atoms with Crippen LogP contribution in [-0.2, 0) is 9.84 Å². The molecule has 0 atom stereocenters. The number of nitrogens with zero attached hydrogens (tertiary/aromatic N) is 1. The molecule has 0 spiro atoms. The minimum absolute atomic E-state index is 0.0419. The Morgan fingerprint density at radius 1 is 0.943 bits per heavy atom. The summed E-state index contributed by atoms with van der Waals surface area (Å²) in [5.74, 6) is -1.52. The number of sulfone groups is 1. The van der Waals surface area contributed by atoms with Gasteiger partial charge in [0, 0.05) is 41.0 Å². The molecule has 0 aliphatic rings. The second kappa shape index (κ2) is 9.98. The van der Waals surface area contributed by atoms with Crippen LogP contribution in [0.2, 0.25) is 5.02 Å². The van der Waals surface area contributed by atoms with Gasteiger partial charge in [0.25, 0.3) is 0 Å². The van der Waals surface area contributed by atoms with Gasteiger partial charge in [-0.05, 0) is 72.6 Å². The van der Waals surface area contributed by atoms with Crippen molar-refractivity contribution in [2.75, 3.05) is 11.6 Å². The number of anilines is 1. The van der Waals surface area contributed by atoms with E-state index in [1.54, 1.807) is 37.4 Å². The molecule has 3 aromatic carbocycles. The van der Waals surface area contributed by atoms with Crippen LogP contribution in [0.3, 0.4) is 0 Å². The standard InChI is InChI=1S/C27H21ClF2N2O2S/c1-3-26(32-20-7-10-25(28)24(15-20)27-6-4-5-11-31-27)22-9-8-21(35(2,33)34)16-23(22)17-12-18(29)14-19(30)13-17/h3-16,32H,1-2H3/b26-3+. The van der Waals surface area contributed by atoms with Gasteiger partial charge in [-0.1, -0.05) is 29.8 Å². The van der Waals surface area contributed by atoms with Gasteiger partial charge in [-0.3, -0.25) is 4.98 Å². The molecule has 1 heterocycles. The number of hydrogen-bond acceptors (Lipinski definition) is 4. The van der Waals surface area contributed by atoms with Gasteiger partial charge >= 0.3 is 0 Å². The van der Waals surface area contributed by atoms with Crippen LogP contribution < -0.4 is 5.32 Å². The molecule has 0 saturated heterocycles. The van der Waals surface area contributed by atoms with Gasteiger partial charge in [-0.15, -0.1) is 0 Å².